The molecule has 1 saturated heterocycles. The molecule has 0 unspecified atom stereocenters. The third-order valence-corrected chi connectivity index (χ3v) is 17.0. The first kappa shape index (κ1) is 40.8. The number of para-hydroxylation sites is 2. The summed E-state index contributed by atoms with van der Waals surface area (Å²) in [5.74, 6) is 1.12. The van der Waals surface area contributed by atoms with E-state index in [4.69, 9.17) is 18.9 Å². The molecule has 3 amide bonds. The van der Waals surface area contributed by atoms with Crippen LogP contribution in [-0.2, 0) is 37.8 Å². The van der Waals surface area contributed by atoms with Crippen molar-refractivity contribution in [3.63, 3.8) is 0 Å². The van der Waals surface area contributed by atoms with Gasteiger partial charge in [-0.1, -0.05) is 91.9 Å². The van der Waals surface area contributed by atoms with E-state index in [1.54, 1.807) is 28.9 Å². The number of aliphatic hydroxyl groups is 1. The first-order valence-corrected chi connectivity index (χ1v) is 23.5. The summed E-state index contributed by atoms with van der Waals surface area (Å²) in [5, 5.41) is 11.2. The largest absolute Gasteiger partial charge is 0.497 e. The lowest BCUT2D eigenvalue weighted by Gasteiger charge is -2.37. The standard InChI is InChI=1S/C48H51N3O8Si/c1-32-46(60(4,5)38-22-19-36(56-2)20-23-38)43(28-44(53)49(25-26-52)29-33-11-7-6-8-12-33)59-48(32)39-27-37(57-3)21-24-40(39)50(47(48)55)30-34-15-17-35(18-16-34)51-41-13-9-10-14-42(41)58-31-45(51)54/h6-24,27,32,43,46,52H,25-26,28-31H2,1-5H3/t32-,43+,46-,48+/m1/s1. The number of methoxy groups -OCH3 is 2. The molecule has 3 aliphatic heterocycles. The summed E-state index contributed by atoms with van der Waals surface area (Å²) in [6.07, 6.45) is -0.586. The van der Waals surface area contributed by atoms with Gasteiger partial charge in [0, 0.05) is 30.3 Å². The molecule has 1 spiro atoms. The Morgan fingerprint density at radius 2 is 1.53 bits per heavy atom. The van der Waals surface area contributed by atoms with Crippen molar-refractivity contribution >= 4 is 48.0 Å². The molecule has 1 N–H and O–H groups in total. The van der Waals surface area contributed by atoms with Crippen LogP contribution in [0.2, 0.25) is 18.6 Å². The van der Waals surface area contributed by atoms with Gasteiger partial charge in [-0.2, -0.15) is 0 Å². The molecule has 11 nitrogen and oxygen atoms in total. The molecule has 5 aromatic carbocycles. The Hall–Kier alpha value is -5.95. The highest BCUT2D eigenvalue weighted by molar-refractivity contribution is 6.91. The van der Waals surface area contributed by atoms with Crippen LogP contribution in [0.3, 0.4) is 0 Å². The number of nitrogens with zero attached hydrogens (tertiary/aromatic N) is 3. The van der Waals surface area contributed by atoms with Crippen LogP contribution in [0.25, 0.3) is 0 Å². The monoisotopic (exact) mass is 825 g/mol. The van der Waals surface area contributed by atoms with Crippen LogP contribution in [0.4, 0.5) is 17.1 Å². The summed E-state index contributed by atoms with van der Waals surface area (Å²) >= 11 is 0. The van der Waals surface area contributed by atoms with Crippen LogP contribution in [-0.4, -0.2) is 75.9 Å². The molecule has 0 saturated carbocycles. The number of hydrogen-bond donors (Lipinski definition) is 1. The number of rotatable bonds is 13. The average molecular weight is 826 g/mol. The van der Waals surface area contributed by atoms with Crippen molar-refractivity contribution in [2.45, 2.75) is 56.8 Å². The van der Waals surface area contributed by atoms with Gasteiger partial charge in [0.1, 0.15) is 17.2 Å². The highest BCUT2D eigenvalue weighted by atomic mass is 28.3. The van der Waals surface area contributed by atoms with E-state index >= 15 is 4.79 Å². The smallest absolute Gasteiger partial charge is 0.269 e. The molecule has 4 atom stereocenters. The zero-order valence-corrected chi connectivity index (χ0v) is 35.7. The Bertz CT molecular complexity index is 2370. The fourth-order valence-corrected chi connectivity index (χ4v) is 13.6. The number of amides is 3. The molecule has 0 aromatic heterocycles. The third kappa shape index (κ3) is 7.22. The van der Waals surface area contributed by atoms with Crippen molar-refractivity contribution in [1.82, 2.24) is 4.90 Å². The van der Waals surface area contributed by atoms with Crippen molar-refractivity contribution in [2.75, 3.05) is 43.8 Å². The van der Waals surface area contributed by atoms with Gasteiger partial charge in [-0.15, -0.1) is 0 Å². The average Bonchev–Trinajstić information content (AvgIpc) is 3.69. The quantitative estimate of drug-likeness (QED) is 0.127. The van der Waals surface area contributed by atoms with Gasteiger partial charge in [-0.25, -0.2) is 0 Å². The van der Waals surface area contributed by atoms with Crippen LogP contribution >= 0.6 is 0 Å². The highest BCUT2D eigenvalue weighted by Crippen LogP contribution is 2.60. The van der Waals surface area contributed by atoms with E-state index in [9.17, 15) is 14.7 Å². The molecule has 3 aliphatic rings. The van der Waals surface area contributed by atoms with Crippen LogP contribution < -0.4 is 29.2 Å². The second-order valence-electron chi connectivity index (χ2n) is 16.3. The minimum absolute atomic E-state index is 0.0353. The molecule has 0 radical (unpaired) electrons. The maximum Gasteiger partial charge on any atom is 0.269 e. The van der Waals surface area contributed by atoms with Gasteiger partial charge in [0.25, 0.3) is 11.8 Å². The lowest BCUT2D eigenvalue weighted by molar-refractivity contribution is -0.150. The SMILES string of the molecule is COc1ccc([Si](C)(C)[C@H]2[C@H](CC(=O)N(CCO)Cc3ccccc3)O[C@@]3(C(=O)N(Cc4ccc(N5C(=O)COc6ccccc65)cc4)c4ccc(OC)cc43)[C@@H]2C)cc1. The molecular formula is C48H51N3O8Si. The summed E-state index contributed by atoms with van der Waals surface area (Å²) in [6.45, 7) is 7.19. The fraction of sp³-hybridized carbons (Fsp3) is 0.312. The predicted octanol–water partition coefficient (Wildman–Crippen LogP) is 6.93. The molecule has 3 heterocycles. The summed E-state index contributed by atoms with van der Waals surface area (Å²) in [4.78, 5) is 48.1. The van der Waals surface area contributed by atoms with Crippen LogP contribution in [0.1, 0.15) is 30.0 Å². The van der Waals surface area contributed by atoms with Gasteiger partial charge < -0.3 is 33.9 Å². The molecule has 12 heteroatoms. The van der Waals surface area contributed by atoms with E-state index in [2.05, 4.69) is 32.2 Å². The van der Waals surface area contributed by atoms with Crippen molar-refractivity contribution in [3.05, 3.63) is 138 Å². The summed E-state index contributed by atoms with van der Waals surface area (Å²) in [5.41, 5.74) is 3.03. The molecule has 0 aliphatic carbocycles. The number of carbonyl (C=O) groups excluding carboxylic acids is 3. The molecule has 0 bridgehead atoms. The highest BCUT2D eigenvalue weighted by Gasteiger charge is 2.66. The molecule has 310 valence electrons. The number of benzene rings is 5. The predicted molar refractivity (Wildman–Crippen MR) is 233 cm³/mol. The molecule has 60 heavy (non-hydrogen) atoms. The molecule has 1 fully saturated rings. The number of carbonyl (C=O) groups is 3. The Morgan fingerprint density at radius 3 is 2.23 bits per heavy atom. The van der Waals surface area contributed by atoms with E-state index in [0.29, 0.717) is 35.0 Å². The number of ether oxygens (including phenoxy) is 4. The zero-order chi connectivity index (χ0) is 42.2. The fourth-order valence-electron chi connectivity index (χ4n) is 9.61. The van der Waals surface area contributed by atoms with Crippen LogP contribution in [0.15, 0.2) is 121 Å². The van der Waals surface area contributed by atoms with Crippen LogP contribution in [0, 0.1) is 5.92 Å². The topological polar surface area (TPSA) is 118 Å². The van der Waals surface area contributed by atoms with Crippen molar-refractivity contribution < 1.29 is 38.4 Å². The molecule has 5 aromatic rings. The summed E-state index contributed by atoms with van der Waals surface area (Å²) in [7, 11) is 0.686. The maximum atomic E-state index is 15.5. The normalized spacial score (nSPS) is 20.8. The van der Waals surface area contributed by atoms with E-state index in [1.165, 1.54) is 0 Å². The van der Waals surface area contributed by atoms with Crippen LogP contribution in [0.5, 0.6) is 17.2 Å². The van der Waals surface area contributed by atoms with Gasteiger partial charge >= 0.3 is 0 Å². The minimum atomic E-state index is -2.56. The lowest BCUT2D eigenvalue weighted by Crippen LogP contribution is -2.52. The first-order chi connectivity index (χ1) is 29.0. The summed E-state index contributed by atoms with van der Waals surface area (Å²) in [6, 6.07) is 38.6. The van der Waals surface area contributed by atoms with Gasteiger partial charge in [0.2, 0.25) is 5.91 Å². The van der Waals surface area contributed by atoms with Gasteiger partial charge in [0.15, 0.2) is 12.2 Å². The number of aliphatic hydroxyl groups excluding tert-OH is 1. The lowest BCUT2D eigenvalue weighted by atomic mass is 9.82. The van der Waals surface area contributed by atoms with E-state index in [0.717, 1.165) is 27.8 Å². The zero-order valence-electron chi connectivity index (χ0n) is 34.7. The Balaban J connectivity index is 1.16. The van der Waals surface area contributed by atoms with Gasteiger partial charge in [-0.05, 0) is 71.3 Å². The van der Waals surface area contributed by atoms with E-state index in [-0.39, 0.29) is 61.9 Å². The minimum Gasteiger partial charge on any atom is -0.497 e. The van der Waals surface area contributed by atoms with E-state index in [1.807, 2.05) is 109 Å². The Labute approximate surface area is 352 Å². The van der Waals surface area contributed by atoms with Crippen molar-refractivity contribution in [2.24, 2.45) is 5.92 Å². The maximum absolute atomic E-state index is 15.5. The number of fused-ring (bicyclic) bond motifs is 3. The van der Waals surface area contributed by atoms with Crippen molar-refractivity contribution in [1.29, 1.82) is 0 Å². The second-order valence-corrected chi connectivity index (χ2v) is 21.0. The van der Waals surface area contributed by atoms with E-state index < -0.39 is 19.8 Å². The third-order valence-electron chi connectivity index (χ3n) is 12.6. The second kappa shape index (κ2) is 16.6. The number of anilines is 3. The van der Waals surface area contributed by atoms with Gasteiger partial charge in [0.05, 0.1) is 59.3 Å². The molecule has 8 rings (SSSR count). The first-order valence-electron chi connectivity index (χ1n) is 20.4. The summed E-state index contributed by atoms with van der Waals surface area (Å²) < 4.78 is 24.2. The molecular weight excluding hydrogens is 775 g/mol. The number of hydrogen-bond acceptors (Lipinski definition) is 8. The Morgan fingerprint density at radius 1 is 0.850 bits per heavy atom. The van der Waals surface area contributed by atoms with Gasteiger partial charge in [-0.3, -0.25) is 19.3 Å². The van der Waals surface area contributed by atoms with Crippen molar-refractivity contribution in [3.8, 4) is 17.2 Å². The Kier molecular flexibility index (Phi) is 11.3.